The number of carbonyl (C=O) groups excluding carboxylic acids is 1. The molecular weight excluding hydrogens is 192 g/mol. The van der Waals surface area contributed by atoms with Crippen LogP contribution in [-0.4, -0.2) is 11.6 Å². The second-order valence-corrected chi connectivity index (χ2v) is 4.72. The Hall–Kier alpha value is -1.25. The second-order valence-electron chi connectivity index (χ2n) is 4.72. The average molecular weight is 210 g/mol. The smallest absolute Gasteiger partial charge is 0.309 e. The van der Waals surface area contributed by atoms with Crippen molar-refractivity contribution < 1.29 is 13.9 Å². The van der Waals surface area contributed by atoms with Gasteiger partial charge in [0, 0.05) is 6.42 Å². The number of furan rings is 1. The summed E-state index contributed by atoms with van der Waals surface area (Å²) < 4.78 is 10.4. The largest absolute Gasteiger partial charge is 0.469 e. The van der Waals surface area contributed by atoms with Crippen LogP contribution >= 0.6 is 0 Å². The first-order valence-corrected chi connectivity index (χ1v) is 5.14. The lowest BCUT2D eigenvalue weighted by Gasteiger charge is -2.21. The van der Waals surface area contributed by atoms with Gasteiger partial charge < -0.3 is 9.15 Å². The molecule has 0 spiro atoms. The summed E-state index contributed by atoms with van der Waals surface area (Å²) in [6.07, 6.45) is 2.19. The van der Waals surface area contributed by atoms with Crippen LogP contribution in [0.4, 0.5) is 0 Å². The zero-order valence-corrected chi connectivity index (χ0v) is 9.74. The molecule has 15 heavy (non-hydrogen) atoms. The number of hydrogen-bond acceptors (Lipinski definition) is 3. The Kier molecular flexibility index (Phi) is 3.56. The van der Waals surface area contributed by atoms with Gasteiger partial charge in [-0.25, -0.2) is 0 Å². The summed E-state index contributed by atoms with van der Waals surface area (Å²) in [6.45, 7) is 7.44. The molecule has 0 aliphatic heterocycles. The molecule has 1 aromatic rings. The monoisotopic (exact) mass is 210 g/mol. The summed E-state index contributed by atoms with van der Waals surface area (Å²) in [7, 11) is 0. The molecule has 0 aliphatic rings. The molecule has 0 bridgehead atoms. The molecule has 1 atom stereocenters. The van der Waals surface area contributed by atoms with Crippen LogP contribution in [0.1, 0.15) is 33.5 Å². The molecule has 1 aromatic heterocycles. The Labute approximate surface area is 90.4 Å². The van der Waals surface area contributed by atoms with Crippen molar-refractivity contribution in [1.29, 1.82) is 0 Å². The van der Waals surface area contributed by atoms with E-state index in [1.807, 2.05) is 39.8 Å². The van der Waals surface area contributed by atoms with Gasteiger partial charge in [0.25, 0.3) is 0 Å². The molecule has 0 fully saturated rings. The Bertz CT molecular complexity index is 306. The first-order chi connectivity index (χ1) is 6.88. The molecule has 0 aliphatic carbocycles. The summed E-state index contributed by atoms with van der Waals surface area (Å²) in [4.78, 5) is 11.6. The Balaban J connectivity index is 2.47. The van der Waals surface area contributed by atoms with Crippen LogP contribution in [0.25, 0.3) is 0 Å². The molecule has 1 heterocycles. The molecule has 0 aromatic carbocycles. The number of ether oxygens (including phenoxy) is 1. The van der Waals surface area contributed by atoms with Crippen molar-refractivity contribution in [3.8, 4) is 0 Å². The minimum Gasteiger partial charge on any atom is -0.469 e. The molecule has 1 rings (SSSR count). The molecule has 0 saturated carbocycles. The van der Waals surface area contributed by atoms with Crippen LogP contribution < -0.4 is 0 Å². The normalized spacial score (nSPS) is 13.6. The van der Waals surface area contributed by atoms with Gasteiger partial charge >= 0.3 is 5.97 Å². The first-order valence-electron chi connectivity index (χ1n) is 5.14. The summed E-state index contributed by atoms with van der Waals surface area (Å²) in [6, 6.07) is 3.68. The van der Waals surface area contributed by atoms with E-state index >= 15 is 0 Å². The van der Waals surface area contributed by atoms with Crippen molar-refractivity contribution >= 4 is 5.97 Å². The van der Waals surface area contributed by atoms with Crippen molar-refractivity contribution in [1.82, 2.24) is 0 Å². The van der Waals surface area contributed by atoms with Gasteiger partial charge in [0.15, 0.2) is 0 Å². The van der Waals surface area contributed by atoms with Crippen LogP contribution in [0.5, 0.6) is 0 Å². The van der Waals surface area contributed by atoms with E-state index in [9.17, 15) is 4.79 Å². The van der Waals surface area contributed by atoms with E-state index in [0.29, 0.717) is 6.42 Å². The summed E-state index contributed by atoms with van der Waals surface area (Å²) in [5.41, 5.74) is -0.422. The second kappa shape index (κ2) is 4.51. The van der Waals surface area contributed by atoms with E-state index in [1.165, 1.54) is 0 Å². The maximum Gasteiger partial charge on any atom is 0.309 e. The zero-order valence-electron chi connectivity index (χ0n) is 9.74. The predicted molar refractivity (Wildman–Crippen MR) is 57.4 cm³/mol. The SMILES string of the molecule is C[C@@H](Cc1ccco1)C(=O)OC(C)(C)C. The van der Waals surface area contributed by atoms with Crippen molar-refractivity contribution in [3.05, 3.63) is 24.2 Å². The van der Waals surface area contributed by atoms with E-state index in [2.05, 4.69) is 0 Å². The van der Waals surface area contributed by atoms with E-state index in [-0.39, 0.29) is 11.9 Å². The van der Waals surface area contributed by atoms with Gasteiger partial charge in [-0.1, -0.05) is 6.92 Å². The maximum atomic E-state index is 11.6. The van der Waals surface area contributed by atoms with Gasteiger partial charge in [0.05, 0.1) is 12.2 Å². The van der Waals surface area contributed by atoms with Crippen molar-refractivity contribution in [3.63, 3.8) is 0 Å². The Morgan fingerprint density at radius 1 is 1.53 bits per heavy atom. The molecular formula is C12H18O3. The number of rotatable bonds is 3. The third-order valence-corrected chi connectivity index (χ3v) is 1.90. The standard InChI is InChI=1S/C12H18O3/c1-9(8-10-6-5-7-14-10)11(13)15-12(2,3)4/h5-7,9H,8H2,1-4H3/t9-/m0/s1. The summed E-state index contributed by atoms with van der Waals surface area (Å²) >= 11 is 0. The number of carbonyl (C=O) groups is 1. The molecule has 84 valence electrons. The van der Waals surface area contributed by atoms with Gasteiger partial charge in [-0.05, 0) is 32.9 Å². The number of esters is 1. The van der Waals surface area contributed by atoms with Crippen LogP contribution in [-0.2, 0) is 16.0 Å². The first kappa shape index (κ1) is 11.8. The summed E-state index contributed by atoms with van der Waals surface area (Å²) in [5, 5.41) is 0. The lowest BCUT2D eigenvalue weighted by Crippen LogP contribution is -2.28. The molecule has 0 radical (unpaired) electrons. The molecule has 0 saturated heterocycles. The summed E-state index contributed by atoms with van der Waals surface area (Å²) in [5.74, 6) is 0.461. The third-order valence-electron chi connectivity index (χ3n) is 1.90. The zero-order chi connectivity index (χ0) is 11.5. The lowest BCUT2D eigenvalue weighted by molar-refractivity contribution is -0.159. The molecule has 0 unspecified atom stereocenters. The van der Waals surface area contributed by atoms with Crippen molar-refractivity contribution in [2.75, 3.05) is 0 Å². The molecule has 3 heteroatoms. The van der Waals surface area contributed by atoms with Crippen molar-refractivity contribution in [2.45, 2.75) is 39.7 Å². The average Bonchev–Trinajstić information content (AvgIpc) is 2.53. The molecule has 0 N–H and O–H groups in total. The minimum atomic E-state index is -0.422. The van der Waals surface area contributed by atoms with Crippen LogP contribution in [0.3, 0.4) is 0 Å². The Morgan fingerprint density at radius 2 is 2.20 bits per heavy atom. The molecule has 0 amide bonds. The van der Waals surface area contributed by atoms with E-state index < -0.39 is 5.60 Å². The highest BCUT2D eigenvalue weighted by molar-refractivity contribution is 5.72. The minimum absolute atomic E-state index is 0.171. The van der Waals surface area contributed by atoms with Gasteiger partial charge in [-0.15, -0.1) is 0 Å². The highest BCUT2D eigenvalue weighted by Crippen LogP contribution is 2.15. The van der Waals surface area contributed by atoms with Gasteiger partial charge in [-0.2, -0.15) is 0 Å². The maximum absolute atomic E-state index is 11.6. The highest BCUT2D eigenvalue weighted by atomic mass is 16.6. The van der Waals surface area contributed by atoms with E-state index in [0.717, 1.165) is 5.76 Å². The van der Waals surface area contributed by atoms with E-state index in [4.69, 9.17) is 9.15 Å². The third kappa shape index (κ3) is 4.19. The van der Waals surface area contributed by atoms with Crippen LogP contribution in [0.15, 0.2) is 22.8 Å². The number of hydrogen-bond donors (Lipinski definition) is 0. The predicted octanol–water partition coefficient (Wildman–Crippen LogP) is 2.80. The fourth-order valence-electron chi connectivity index (χ4n) is 1.22. The molecule has 3 nitrogen and oxygen atoms in total. The van der Waals surface area contributed by atoms with Crippen LogP contribution in [0, 0.1) is 5.92 Å². The fraction of sp³-hybridized carbons (Fsp3) is 0.583. The van der Waals surface area contributed by atoms with Crippen molar-refractivity contribution in [2.24, 2.45) is 5.92 Å². The Morgan fingerprint density at radius 3 is 2.67 bits per heavy atom. The van der Waals surface area contributed by atoms with Gasteiger partial charge in [0.2, 0.25) is 0 Å². The topological polar surface area (TPSA) is 39.4 Å². The quantitative estimate of drug-likeness (QED) is 0.720. The fourth-order valence-corrected chi connectivity index (χ4v) is 1.22. The van der Waals surface area contributed by atoms with Gasteiger partial charge in [0.1, 0.15) is 11.4 Å². The van der Waals surface area contributed by atoms with Gasteiger partial charge in [-0.3, -0.25) is 4.79 Å². The lowest BCUT2D eigenvalue weighted by atomic mass is 10.1. The highest BCUT2D eigenvalue weighted by Gasteiger charge is 2.22. The van der Waals surface area contributed by atoms with Crippen LogP contribution in [0.2, 0.25) is 0 Å². The van der Waals surface area contributed by atoms with E-state index in [1.54, 1.807) is 6.26 Å².